The Morgan fingerprint density at radius 2 is 1.23 bits per heavy atom. The molecule has 0 aromatic heterocycles. The molecule has 1 saturated heterocycles. The largest absolute Gasteiger partial charge is 0.125 e. The van der Waals surface area contributed by atoms with Crippen molar-refractivity contribution in [2.75, 3.05) is 0 Å². The first kappa shape index (κ1) is 12.1. The van der Waals surface area contributed by atoms with Gasteiger partial charge in [-0.15, -0.1) is 11.8 Å². The van der Waals surface area contributed by atoms with Gasteiger partial charge in [-0.25, -0.2) is 0 Å². The summed E-state index contributed by atoms with van der Waals surface area (Å²) < 4.78 is 0.951. The van der Waals surface area contributed by atoms with Gasteiger partial charge in [-0.1, -0.05) is 48.3 Å². The first-order valence-electron chi connectivity index (χ1n) is 5.10. The Hall–Kier alpha value is 1.05. The van der Waals surface area contributed by atoms with E-state index in [9.17, 15) is 0 Å². The zero-order chi connectivity index (χ0) is 9.95. The standard InChI is InChI=1S/C10H20S3/c1-5-7-9(3)11-10(4,8-6-2)13-12-9/h5-8H2,1-4H3. The molecule has 0 nitrogen and oxygen atoms in total. The minimum atomic E-state index is 0.476. The lowest BCUT2D eigenvalue weighted by atomic mass is 10.2. The molecule has 3 heteroatoms. The zero-order valence-corrected chi connectivity index (χ0v) is 11.5. The molecule has 0 bridgehead atoms. The third kappa shape index (κ3) is 3.28. The second-order valence-corrected chi connectivity index (χ2v) is 9.69. The molecule has 0 radical (unpaired) electrons. The van der Waals surface area contributed by atoms with Gasteiger partial charge in [0.25, 0.3) is 0 Å². The Kier molecular flexibility index (Phi) is 4.39. The third-order valence-corrected chi connectivity index (χ3v) is 8.79. The van der Waals surface area contributed by atoms with E-state index in [0.29, 0.717) is 8.16 Å². The first-order valence-corrected chi connectivity index (χ1v) is 8.07. The van der Waals surface area contributed by atoms with Crippen LogP contribution in [0.5, 0.6) is 0 Å². The van der Waals surface area contributed by atoms with Crippen LogP contribution in [0.15, 0.2) is 0 Å². The van der Waals surface area contributed by atoms with Gasteiger partial charge in [-0.3, -0.25) is 0 Å². The summed E-state index contributed by atoms with van der Waals surface area (Å²) in [5.41, 5.74) is 0. The summed E-state index contributed by atoms with van der Waals surface area (Å²) in [5, 5.41) is 0. The molecule has 1 aliphatic heterocycles. The van der Waals surface area contributed by atoms with Crippen LogP contribution in [-0.2, 0) is 0 Å². The van der Waals surface area contributed by atoms with E-state index < -0.39 is 0 Å². The fraction of sp³-hybridized carbons (Fsp3) is 1.00. The minimum absolute atomic E-state index is 0.476. The lowest BCUT2D eigenvalue weighted by Crippen LogP contribution is -2.17. The topological polar surface area (TPSA) is 0 Å². The monoisotopic (exact) mass is 236 g/mol. The molecule has 1 heterocycles. The van der Waals surface area contributed by atoms with Gasteiger partial charge in [0.15, 0.2) is 0 Å². The second-order valence-electron chi connectivity index (χ2n) is 4.04. The van der Waals surface area contributed by atoms with Crippen LogP contribution in [0.2, 0.25) is 0 Å². The van der Waals surface area contributed by atoms with Crippen LogP contribution in [0.1, 0.15) is 53.4 Å². The third-order valence-electron chi connectivity index (χ3n) is 2.23. The fourth-order valence-electron chi connectivity index (χ4n) is 1.76. The molecule has 0 aromatic carbocycles. The van der Waals surface area contributed by atoms with Gasteiger partial charge in [0.05, 0.1) is 8.16 Å². The van der Waals surface area contributed by atoms with Crippen molar-refractivity contribution < 1.29 is 0 Å². The van der Waals surface area contributed by atoms with Gasteiger partial charge in [-0.05, 0) is 26.7 Å². The van der Waals surface area contributed by atoms with E-state index in [1.807, 2.05) is 0 Å². The Morgan fingerprint density at radius 3 is 1.54 bits per heavy atom. The lowest BCUT2D eigenvalue weighted by molar-refractivity contribution is 0.720. The van der Waals surface area contributed by atoms with Crippen molar-refractivity contribution in [2.24, 2.45) is 0 Å². The number of hydrogen-bond acceptors (Lipinski definition) is 3. The van der Waals surface area contributed by atoms with E-state index in [0.717, 1.165) is 0 Å². The molecule has 1 rings (SSSR count). The van der Waals surface area contributed by atoms with Crippen molar-refractivity contribution >= 4 is 33.3 Å². The molecule has 1 aliphatic rings. The van der Waals surface area contributed by atoms with Crippen molar-refractivity contribution in [2.45, 2.75) is 61.5 Å². The first-order chi connectivity index (χ1) is 6.04. The molecule has 0 aromatic rings. The molecule has 1 fully saturated rings. The van der Waals surface area contributed by atoms with Crippen LogP contribution in [-0.4, -0.2) is 8.16 Å². The predicted octanol–water partition coefficient (Wildman–Crippen LogP) is 5.15. The average molecular weight is 236 g/mol. The Labute approximate surface area is 94.8 Å². The highest BCUT2D eigenvalue weighted by Gasteiger charge is 2.44. The van der Waals surface area contributed by atoms with Gasteiger partial charge in [0.1, 0.15) is 0 Å². The van der Waals surface area contributed by atoms with E-state index in [2.05, 4.69) is 61.0 Å². The van der Waals surface area contributed by atoms with Crippen molar-refractivity contribution in [1.82, 2.24) is 0 Å². The molecule has 2 unspecified atom stereocenters. The normalized spacial score (nSPS) is 39.7. The Bertz CT molecular complexity index is 154. The molecule has 78 valence electrons. The van der Waals surface area contributed by atoms with Crippen molar-refractivity contribution in [3.05, 3.63) is 0 Å². The van der Waals surface area contributed by atoms with E-state index >= 15 is 0 Å². The number of hydrogen-bond donors (Lipinski definition) is 0. The highest BCUT2D eigenvalue weighted by atomic mass is 33.1. The number of thioether (sulfide) groups is 1. The molecular formula is C10H20S3. The minimum Gasteiger partial charge on any atom is -0.125 e. The SMILES string of the molecule is CCCC1(C)SSC(C)(CCC)S1. The second kappa shape index (κ2) is 4.71. The maximum absolute atomic E-state index is 2.40. The Morgan fingerprint density at radius 1 is 0.846 bits per heavy atom. The van der Waals surface area contributed by atoms with Crippen LogP contribution in [0, 0.1) is 0 Å². The van der Waals surface area contributed by atoms with Gasteiger partial charge >= 0.3 is 0 Å². The quantitative estimate of drug-likeness (QED) is 0.620. The van der Waals surface area contributed by atoms with Crippen LogP contribution < -0.4 is 0 Å². The Balaban J connectivity index is 2.51. The maximum atomic E-state index is 2.40. The summed E-state index contributed by atoms with van der Waals surface area (Å²) in [4.78, 5) is 0. The lowest BCUT2D eigenvalue weighted by Gasteiger charge is -2.25. The zero-order valence-electron chi connectivity index (χ0n) is 9.05. The summed E-state index contributed by atoms with van der Waals surface area (Å²) in [5.74, 6) is 0. The van der Waals surface area contributed by atoms with E-state index in [-0.39, 0.29) is 0 Å². The highest BCUT2D eigenvalue weighted by Crippen LogP contribution is 2.67. The van der Waals surface area contributed by atoms with Crippen molar-refractivity contribution in [3.63, 3.8) is 0 Å². The highest BCUT2D eigenvalue weighted by molar-refractivity contribution is 8.83. The fourth-order valence-corrected chi connectivity index (χ4v) is 8.53. The molecule has 0 aliphatic carbocycles. The summed E-state index contributed by atoms with van der Waals surface area (Å²) in [7, 11) is 4.19. The van der Waals surface area contributed by atoms with E-state index in [4.69, 9.17) is 0 Å². The molecule has 2 atom stereocenters. The van der Waals surface area contributed by atoms with Gasteiger partial charge in [-0.2, -0.15) is 0 Å². The van der Waals surface area contributed by atoms with Gasteiger partial charge in [0.2, 0.25) is 0 Å². The summed E-state index contributed by atoms with van der Waals surface area (Å²) >= 11 is 2.19. The summed E-state index contributed by atoms with van der Waals surface area (Å²) in [6, 6.07) is 0. The van der Waals surface area contributed by atoms with Gasteiger partial charge < -0.3 is 0 Å². The number of rotatable bonds is 4. The van der Waals surface area contributed by atoms with Crippen LogP contribution in [0.4, 0.5) is 0 Å². The smallest absolute Gasteiger partial charge is 0.0700 e. The van der Waals surface area contributed by atoms with Crippen LogP contribution in [0.3, 0.4) is 0 Å². The van der Waals surface area contributed by atoms with Crippen LogP contribution >= 0.6 is 33.3 Å². The molecule has 0 spiro atoms. The van der Waals surface area contributed by atoms with Crippen LogP contribution in [0.25, 0.3) is 0 Å². The maximum Gasteiger partial charge on any atom is 0.0700 e. The average Bonchev–Trinajstić information content (AvgIpc) is 2.29. The molecule has 0 N–H and O–H groups in total. The van der Waals surface area contributed by atoms with E-state index in [1.54, 1.807) is 0 Å². The molecular weight excluding hydrogens is 216 g/mol. The van der Waals surface area contributed by atoms with Crippen molar-refractivity contribution in [3.8, 4) is 0 Å². The summed E-state index contributed by atoms with van der Waals surface area (Å²) in [6.45, 7) is 9.37. The molecule has 0 amide bonds. The van der Waals surface area contributed by atoms with Crippen molar-refractivity contribution in [1.29, 1.82) is 0 Å². The summed E-state index contributed by atoms with van der Waals surface area (Å²) in [6.07, 6.45) is 5.29. The predicted molar refractivity (Wildman–Crippen MR) is 69.4 cm³/mol. The van der Waals surface area contributed by atoms with E-state index in [1.165, 1.54) is 25.7 Å². The van der Waals surface area contributed by atoms with Gasteiger partial charge in [0, 0.05) is 0 Å². The molecule has 13 heavy (non-hydrogen) atoms. The molecule has 0 saturated carbocycles.